The van der Waals surface area contributed by atoms with Gasteiger partial charge in [0.05, 0.1) is 10.3 Å². The SMILES string of the molecule is CCNCC(O)COc1ccc([N+](=O)[O-])c2cccnc12. The Labute approximate surface area is 121 Å². The van der Waals surface area contributed by atoms with E-state index in [4.69, 9.17) is 4.74 Å². The summed E-state index contributed by atoms with van der Waals surface area (Å²) in [6.07, 6.45) is 0.896. The van der Waals surface area contributed by atoms with E-state index in [1.54, 1.807) is 18.3 Å². The summed E-state index contributed by atoms with van der Waals surface area (Å²) in [6.45, 7) is 3.23. The maximum atomic E-state index is 11.0. The van der Waals surface area contributed by atoms with Gasteiger partial charge < -0.3 is 15.2 Å². The minimum atomic E-state index is -0.654. The average molecular weight is 291 g/mol. The zero-order valence-corrected chi connectivity index (χ0v) is 11.7. The molecule has 2 rings (SSSR count). The molecule has 1 aromatic heterocycles. The van der Waals surface area contributed by atoms with Crippen molar-refractivity contribution in [1.29, 1.82) is 0 Å². The maximum Gasteiger partial charge on any atom is 0.279 e. The number of aromatic nitrogens is 1. The highest BCUT2D eigenvalue weighted by Crippen LogP contribution is 2.31. The van der Waals surface area contributed by atoms with E-state index in [1.165, 1.54) is 12.1 Å². The number of nitro groups is 1. The summed E-state index contributed by atoms with van der Waals surface area (Å²) in [5.74, 6) is 0.423. The van der Waals surface area contributed by atoms with E-state index in [9.17, 15) is 15.2 Å². The van der Waals surface area contributed by atoms with Gasteiger partial charge in [0.2, 0.25) is 0 Å². The van der Waals surface area contributed by atoms with Gasteiger partial charge in [-0.2, -0.15) is 0 Å². The fraction of sp³-hybridized carbons (Fsp3) is 0.357. The number of likely N-dealkylation sites (N-methyl/N-ethyl adjacent to an activating group) is 1. The van der Waals surface area contributed by atoms with Gasteiger partial charge in [-0.25, -0.2) is 0 Å². The van der Waals surface area contributed by atoms with E-state index in [0.717, 1.165) is 6.54 Å². The molecular weight excluding hydrogens is 274 g/mol. The van der Waals surface area contributed by atoms with Crippen molar-refractivity contribution in [2.75, 3.05) is 19.7 Å². The normalized spacial score (nSPS) is 12.3. The standard InChI is InChI=1S/C14H17N3O4/c1-2-15-8-10(18)9-21-13-6-5-12(17(19)20)11-4-3-7-16-14(11)13/h3-7,10,15,18H,2,8-9H2,1H3. The molecule has 0 saturated heterocycles. The number of nitro benzene ring substituents is 1. The molecule has 7 heteroatoms. The Balaban J connectivity index is 2.21. The predicted molar refractivity (Wildman–Crippen MR) is 78.4 cm³/mol. The lowest BCUT2D eigenvalue weighted by molar-refractivity contribution is -0.383. The quantitative estimate of drug-likeness (QED) is 0.592. The largest absolute Gasteiger partial charge is 0.489 e. The number of nitrogens with zero attached hydrogens (tertiary/aromatic N) is 2. The van der Waals surface area contributed by atoms with Crippen molar-refractivity contribution in [2.24, 2.45) is 0 Å². The Morgan fingerprint density at radius 2 is 2.29 bits per heavy atom. The first-order valence-corrected chi connectivity index (χ1v) is 6.67. The number of hydrogen-bond acceptors (Lipinski definition) is 6. The molecule has 7 nitrogen and oxygen atoms in total. The van der Waals surface area contributed by atoms with Gasteiger partial charge in [-0.1, -0.05) is 6.92 Å². The number of ether oxygens (including phenoxy) is 1. The number of nitrogens with one attached hydrogen (secondary N) is 1. The van der Waals surface area contributed by atoms with Crippen LogP contribution in [0.3, 0.4) is 0 Å². The molecule has 0 amide bonds. The van der Waals surface area contributed by atoms with Crippen molar-refractivity contribution in [3.63, 3.8) is 0 Å². The van der Waals surface area contributed by atoms with Crippen molar-refractivity contribution < 1.29 is 14.8 Å². The number of pyridine rings is 1. The molecule has 1 atom stereocenters. The van der Waals surface area contributed by atoms with Gasteiger partial charge in [0.25, 0.3) is 5.69 Å². The molecule has 2 aromatic rings. The lowest BCUT2D eigenvalue weighted by atomic mass is 10.1. The molecule has 0 aliphatic heterocycles. The third-order valence-corrected chi connectivity index (χ3v) is 2.97. The van der Waals surface area contributed by atoms with Crippen molar-refractivity contribution in [3.8, 4) is 5.75 Å². The van der Waals surface area contributed by atoms with Crippen LogP contribution in [0.25, 0.3) is 10.9 Å². The molecular formula is C14H17N3O4. The fourth-order valence-electron chi connectivity index (χ4n) is 1.96. The van der Waals surface area contributed by atoms with Gasteiger partial charge in [-0.3, -0.25) is 15.1 Å². The summed E-state index contributed by atoms with van der Waals surface area (Å²) < 4.78 is 5.54. The molecule has 0 spiro atoms. The lowest BCUT2D eigenvalue weighted by Gasteiger charge is -2.13. The van der Waals surface area contributed by atoms with Gasteiger partial charge >= 0.3 is 0 Å². The number of benzene rings is 1. The van der Waals surface area contributed by atoms with Crippen LogP contribution in [-0.4, -0.2) is 40.8 Å². The van der Waals surface area contributed by atoms with E-state index >= 15 is 0 Å². The summed E-state index contributed by atoms with van der Waals surface area (Å²) in [5, 5.41) is 24.2. The second kappa shape index (κ2) is 6.96. The van der Waals surface area contributed by atoms with Gasteiger partial charge in [0.1, 0.15) is 24.0 Å². The number of fused-ring (bicyclic) bond motifs is 1. The highest BCUT2D eigenvalue weighted by atomic mass is 16.6. The second-order valence-corrected chi connectivity index (χ2v) is 4.51. The Morgan fingerprint density at radius 3 is 3.00 bits per heavy atom. The molecule has 0 bridgehead atoms. The van der Waals surface area contributed by atoms with Crippen molar-refractivity contribution in [2.45, 2.75) is 13.0 Å². The highest BCUT2D eigenvalue weighted by molar-refractivity contribution is 5.92. The molecule has 0 saturated carbocycles. The number of rotatable bonds is 7. The van der Waals surface area contributed by atoms with E-state index in [2.05, 4.69) is 10.3 Å². The van der Waals surface area contributed by atoms with Crippen LogP contribution < -0.4 is 10.1 Å². The molecule has 2 N–H and O–H groups in total. The van der Waals surface area contributed by atoms with Crippen LogP contribution in [-0.2, 0) is 0 Å². The van der Waals surface area contributed by atoms with E-state index in [1.807, 2.05) is 6.92 Å². The second-order valence-electron chi connectivity index (χ2n) is 4.51. The zero-order valence-electron chi connectivity index (χ0n) is 11.7. The molecule has 0 fully saturated rings. The third-order valence-electron chi connectivity index (χ3n) is 2.97. The molecule has 112 valence electrons. The predicted octanol–water partition coefficient (Wildman–Crippen LogP) is 1.49. The summed E-state index contributed by atoms with van der Waals surface area (Å²) in [6, 6.07) is 6.16. The molecule has 0 aliphatic rings. The molecule has 1 unspecified atom stereocenters. The lowest BCUT2D eigenvalue weighted by Crippen LogP contribution is -2.31. The van der Waals surface area contributed by atoms with Crippen LogP contribution in [0.1, 0.15) is 6.92 Å². The maximum absolute atomic E-state index is 11.0. The van der Waals surface area contributed by atoms with Crippen LogP contribution >= 0.6 is 0 Å². The minimum Gasteiger partial charge on any atom is -0.489 e. The monoisotopic (exact) mass is 291 g/mol. The van der Waals surface area contributed by atoms with Crippen LogP contribution in [0.2, 0.25) is 0 Å². The van der Waals surface area contributed by atoms with Gasteiger partial charge in [0, 0.05) is 18.8 Å². The summed E-state index contributed by atoms with van der Waals surface area (Å²) >= 11 is 0. The molecule has 21 heavy (non-hydrogen) atoms. The Morgan fingerprint density at radius 1 is 1.48 bits per heavy atom. The topological polar surface area (TPSA) is 97.5 Å². The van der Waals surface area contributed by atoms with E-state index < -0.39 is 11.0 Å². The van der Waals surface area contributed by atoms with Crippen molar-refractivity contribution >= 4 is 16.6 Å². The first-order valence-electron chi connectivity index (χ1n) is 6.67. The molecule has 1 heterocycles. The zero-order chi connectivity index (χ0) is 15.2. The van der Waals surface area contributed by atoms with E-state index in [-0.39, 0.29) is 12.3 Å². The van der Waals surface area contributed by atoms with Crippen LogP contribution in [0.5, 0.6) is 5.75 Å². The van der Waals surface area contributed by atoms with E-state index in [0.29, 0.717) is 23.2 Å². The van der Waals surface area contributed by atoms with Crippen molar-refractivity contribution in [3.05, 3.63) is 40.6 Å². The minimum absolute atomic E-state index is 0.0151. The number of non-ortho nitro benzene ring substituents is 1. The van der Waals surface area contributed by atoms with Crippen LogP contribution in [0.15, 0.2) is 30.5 Å². The molecule has 0 radical (unpaired) electrons. The first-order chi connectivity index (χ1) is 10.1. The number of hydrogen-bond donors (Lipinski definition) is 2. The smallest absolute Gasteiger partial charge is 0.279 e. The Kier molecular flexibility index (Phi) is 5.02. The third kappa shape index (κ3) is 3.65. The number of aliphatic hydroxyl groups is 1. The highest BCUT2D eigenvalue weighted by Gasteiger charge is 2.16. The average Bonchev–Trinajstić information content (AvgIpc) is 2.50. The Hall–Kier alpha value is -2.25. The van der Waals surface area contributed by atoms with Gasteiger partial charge in [0.15, 0.2) is 0 Å². The molecule has 0 aliphatic carbocycles. The number of aliphatic hydroxyl groups excluding tert-OH is 1. The van der Waals surface area contributed by atoms with Crippen LogP contribution in [0, 0.1) is 10.1 Å². The first kappa shape index (κ1) is 15.1. The summed E-state index contributed by atoms with van der Waals surface area (Å²) in [5.41, 5.74) is 0.404. The molecule has 1 aromatic carbocycles. The van der Waals surface area contributed by atoms with Crippen LogP contribution in [0.4, 0.5) is 5.69 Å². The van der Waals surface area contributed by atoms with Gasteiger partial charge in [-0.15, -0.1) is 0 Å². The van der Waals surface area contributed by atoms with Crippen molar-refractivity contribution in [1.82, 2.24) is 10.3 Å². The summed E-state index contributed by atoms with van der Waals surface area (Å²) in [7, 11) is 0. The van der Waals surface area contributed by atoms with Gasteiger partial charge in [-0.05, 0) is 24.7 Å². The summed E-state index contributed by atoms with van der Waals surface area (Å²) in [4.78, 5) is 14.7. The Bertz CT molecular complexity index is 633. The fourth-order valence-corrected chi connectivity index (χ4v) is 1.96.